The van der Waals surface area contributed by atoms with E-state index in [4.69, 9.17) is 9.47 Å². The van der Waals surface area contributed by atoms with Gasteiger partial charge < -0.3 is 44.0 Å². The Hall–Kier alpha value is -4.68. The topological polar surface area (TPSA) is 256 Å². The highest BCUT2D eigenvalue weighted by Gasteiger charge is 2.58. The highest BCUT2D eigenvalue weighted by atomic mass is 32.2. The Kier molecular flexibility index (Phi) is 14.8. The molecule has 1 amide bonds. The van der Waals surface area contributed by atoms with Gasteiger partial charge in [0.05, 0.1) is 29.0 Å². The average Bonchev–Trinajstić information content (AvgIpc) is 3.16. The molecule has 0 radical (unpaired) electrons. The molecule has 308 valence electrons. The summed E-state index contributed by atoms with van der Waals surface area (Å²) in [4.78, 5) is 65.6. The van der Waals surface area contributed by atoms with Crippen molar-refractivity contribution in [2.24, 2.45) is 5.10 Å². The Bertz CT molecular complexity index is 2280. The molecule has 0 saturated heterocycles. The maximum absolute atomic E-state index is 13.7. The fourth-order valence-electron chi connectivity index (χ4n) is 5.52. The molecular weight excluding hydrogens is 804 g/mol. The lowest BCUT2D eigenvalue weighted by atomic mass is 10.1. The number of nitrogens with one attached hydrogen (secondary N) is 1. The van der Waals surface area contributed by atoms with E-state index >= 15 is 0 Å². The summed E-state index contributed by atoms with van der Waals surface area (Å²) < 4.78 is 62.4. The maximum Gasteiger partial charge on any atom is 0.369 e. The third-order valence-corrected chi connectivity index (χ3v) is 14.5. The van der Waals surface area contributed by atoms with Gasteiger partial charge in [-0.3, -0.25) is 18.2 Å². The minimum absolute atomic E-state index is 0.0945. The van der Waals surface area contributed by atoms with Crippen molar-refractivity contribution < 1.29 is 61.3 Å². The van der Waals surface area contributed by atoms with Crippen molar-refractivity contribution in [2.75, 3.05) is 63.7 Å². The number of carbonyl (C=O) groups is 2. The SMILES string of the molecule is CN(CCCOc1cccc(/C=N/NC(=O)COC(=O)c2ccc(N(C)S(=O)(=O)c3cccc4c(N(C)C)cccc34)cc2)c1)CCC(O)(P(=O)(O)O)P(=O)(O)O. The average molecular weight is 850 g/mol. The van der Waals surface area contributed by atoms with E-state index in [0.29, 0.717) is 35.4 Å². The number of nitrogens with zero attached hydrogens (tertiary/aromatic N) is 4. The van der Waals surface area contributed by atoms with Crippen molar-refractivity contribution in [1.29, 1.82) is 0 Å². The highest BCUT2D eigenvalue weighted by molar-refractivity contribution is 7.93. The summed E-state index contributed by atoms with van der Waals surface area (Å²) in [7, 11) is -8.32. The van der Waals surface area contributed by atoms with E-state index in [1.807, 2.05) is 31.1 Å². The van der Waals surface area contributed by atoms with E-state index in [1.54, 1.807) is 55.6 Å². The van der Waals surface area contributed by atoms with Crippen LogP contribution in [0.5, 0.6) is 5.75 Å². The minimum Gasteiger partial charge on any atom is -0.494 e. The van der Waals surface area contributed by atoms with Gasteiger partial charge in [0.15, 0.2) is 6.61 Å². The molecule has 4 rings (SSSR count). The number of ether oxygens (including phenoxy) is 2. The van der Waals surface area contributed by atoms with Crippen LogP contribution in [0, 0.1) is 0 Å². The number of amides is 1. The lowest BCUT2D eigenvalue weighted by Gasteiger charge is -2.30. The van der Waals surface area contributed by atoms with Gasteiger partial charge >= 0.3 is 21.2 Å². The predicted octanol–water partition coefficient (Wildman–Crippen LogP) is 3.13. The molecule has 0 atom stereocenters. The first kappa shape index (κ1) is 45.0. The standard InChI is InChI=1S/C36H45N5O13P2S/c1-39(2)32-13-6-12-31-30(32)11-7-14-33(31)57(51,52)41(4)28-17-15-27(16-18-28)35(43)54-25-34(42)38-37-24-26-9-5-10-29(23-26)53-22-8-20-40(3)21-19-36(44,55(45,46)47)56(48,49)50/h5-7,9-18,23-24,44H,8,19-22,25H2,1-4H3,(H,38,42)(H2,45,46,47)(H2,48,49,50)/b37-24+. The van der Waals surface area contributed by atoms with Gasteiger partial charge in [-0.15, -0.1) is 0 Å². The molecule has 6 N–H and O–H groups in total. The van der Waals surface area contributed by atoms with Crippen molar-refractivity contribution in [2.45, 2.75) is 22.8 Å². The van der Waals surface area contributed by atoms with Crippen molar-refractivity contribution in [1.82, 2.24) is 10.3 Å². The fraction of sp³-hybridized carbons (Fsp3) is 0.306. The van der Waals surface area contributed by atoms with Crippen molar-refractivity contribution >= 4 is 65.5 Å². The Labute approximate surface area is 329 Å². The molecule has 0 aromatic heterocycles. The van der Waals surface area contributed by atoms with Crippen LogP contribution >= 0.6 is 15.2 Å². The van der Waals surface area contributed by atoms with Gasteiger partial charge in [-0.05, 0) is 67.6 Å². The molecular formula is C36H45N5O13P2S. The first-order chi connectivity index (χ1) is 26.7. The quantitative estimate of drug-likeness (QED) is 0.0261. The molecule has 0 fully saturated rings. The van der Waals surface area contributed by atoms with E-state index in [0.717, 1.165) is 15.4 Å². The first-order valence-electron chi connectivity index (χ1n) is 17.2. The Morgan fingerprint density at radius 3 is 2.14 bits per heavy atom. The van der Waals surface area contributed by atoms with Crippen LogP contribution < -0.4 is 19.4 Å². The summed E-state index contributed by atoms with van der Waals surface area (Å²) in [6.07, 6.45) is 0.904. The number of rotatable bonds is 19. The molecule has 0 saturated carbocycles. The summed E-state index contributed by atoms with van der Waals surface area (Å²) in [5.74, 6) is -1.07. The second kappa shape index (κ2) is 18.7. The third-order valence-electron chi connectivity index (χ3n) is 8.76. The first-order valence-corrected chi connectivity index (χ1v) is 21.8. The van der Waals surface area contributed by atoms with Crippen molar-refractivity contribution in [3.63, 3.8) is 0 Å². The van der Waals surface area contributed by atoms with Gasteiger partial charge in [0.1, 0.15) is 5.75 Å². The summed E-state index contributed by atoms with van der Waals surface area (Å²) >= 11 is 0. The van der Waals surface area contributed by atoms with E-state index in [1.165, 1.54) is 42.4 Å². The number of benzene rings is 4. The smallest absolute Gasteiger partial charge is 0.369 e. The Balaban J connectivity index is 1.23. The number of aliphatic hydroxyl groups is 1. The molecule has 4 aromatic rings. The molecule has 4 aromatic carbocycles. The predicted molar refractivity (Wildman–Crippen MR) is 214 cm³/mol. The van der Waals surface area contributed by atoms with Gasteiger partial charge in [-0.1, -0.05) is 36.4 Å². The zero-order valence-corrected chi connectivity index (χ0v) is 34.1. The molecule has 57 heavy (non-hydrogen) atoms. The van der Waals surface area contributed by atoms with E-state index < -0.39 is 55.2 Å². The lowest BCUT2D eigenvalue weighted by molar-refractivity contribution is -0.124. The second-order valence-corrected chi connectivity index (χ2v) is 19.0. The van der Waals surface area contributed by atoms with E-state index in [-0.39, 0.29) is 23.6 Å². The van der Waals surface area contributed by atoms with E-state index in [2.05, 4.69) is 10.5 Å². The molecule has 18 nitrogen and oxygen atoms in total. The minimum atomic E-state index is -5.53. The maximum atomic E-state index is 13.7. The third kappa shape index (κ3) is 11.3. The fourth-order valence-corrected chi connectivity index (χ4v) is 9.06. The molecule has 0 aliphatic rings. The van der Waals surface area contributed by atoms with Crippen LogP contribution in [0.15, 0.2) is 94.9 Å². The largest absolute Gasteiger partial charge is 0.494 e. The van der Waals surface area contributed by atoms with Crippen molar-refractivity contribution in [3.05, 3.63) is 96.1 Å². The molecule has 21 heteroatoms. The van der Waals surface area contributed by atoms with Gasteiger partial charge in [0.2, 0.25) is 0 Å². The van der Waals surface area contributed by atoms with Crippen LogP contribution in [0.3, 0.4) is 0 Å². The summed E-state index contributed by atoms with van der Waals surface area (Å²) in [5, 5.41) is 11.8. The summed E-state index contributed by atoms with van der Waals surface area (Å²) in [6, 6.07) is 22.9. The van der Waals surface area contributed by atoms with Gasteiger partial charge in [0, 0.05) is 57.1 Å². The number of sulfonamides is 1. The lowest BCUT2D eigenvalue weighted by Crippen LogP contribution is -2.34. The second-order valence-electron chi connectivity index (χ2n) is 13.1. The molecule has 0 unspecified atom stereocenters. The number of esters is 1. The number of hydrogen-bond donors (Lipinski definition) is 6. The summed E-state index contributed by atoms with van der Waals surface area (Å²) in [5.41, 5.74) is 4.08. The van der Waals surface area contributed by atoms with E-state index in [9.17, 15) is 51.8 Å². The molecule has 0 spiro atoms. The molecule has 0 aliphatic carbocycles. The van der Waals surface area contributed by atoms with Crippen LogP contribution in [-0.2, 0) is 28.7 Å². The Morgan fingerprint density at radius 2 is 1.49 bits per heavy atom. The normalized spacial score (nSPS) is 12.5. The number of carbonyl (C=O) groups excluding carboxylic acids is 2. The van der Waals surface area contributed by atoms with Crippen LogP contribution in [0.1, 0.15) is 28.8 Å². The molecule has 0 bridgehead atoms. The van der Waals surface area contributed by atoms with Crippen LogP contribution in [0.4, 0.5) is 11.4 Å². The van der Waals surface area contributed by atoms with Gasteiger partial charge in [-0.25, -0.2) is 18.6 Å². The number of hydrazone groups is 1. The van der Waals surface area contributed by atoms with Crippen LogP contribution in [0.25, 0.3) is 10.8 Å². The number of hydrogen-bond acceptors (Lipinski definition) is 12. The highest BCUT2D eigenvalue weighted by Crippen LogP contribution is 2.68. The van der Waals surface area contributed by atoms with Crippen molar-refractivity contribution in [3.8, 4) is 5.75 Å². The molecule has 0 aliphatic heterocycles. The van der Waals surface area contributed by atoms with Crippen LogP contribution in [-0.4, -0.2) is 116 Å². The van der Waals surface area contributed by atoms with Gasteiger partial charge in [0.25, 0.3) is 21.0 Å². The molecule has 0 heterocycles. The van der Waals surface area contributed by atoms with Gasteiger partial charge in [-0.2, -0.15) is 5.10 Å². The monoisotopic (exact) mass is 849 g/mol. The Morgan fingerprint density at radius 1 is 0.860 bits per heavy atom. The number of anilines is 2. The number of fused-ring (bicyclic) bond motifs is 1. The zero-order chi connectivity index (χ0) is 42.2. The summed E-state index contributed by atoms with van der Waals surface area (Å²) in [6.45, 7) is -0.337. The van der Waals surface area contributed by atoms with Crippen LogP contribution in [0.2, 0.25) is 0 Å². The zero-order valence-electron chi connectivity index (χ0n) is 31.5.